The molecule has 0 bridgehead atoms. The van der Waals surface area contributed by atoms with Gasteiger partial charge in [-0.15, -0.1) is 0 Å². The second-order valence-electron chi connectivity index (χ2n) is 5.15. The highest BCUT2D eigenvalue weighted by molar-refractivity contribution is 5.97. The summed E-state index contributed by atoms with van der Waals surface area (Å²) in [5.41, 5.74) is 2.56. The first-order chi connectivity index (χ1) is 10.8. The number of aromatic nitrogens is 1. The molecule has 4 rings (SSSR count). The standard InChI is InChI=1S/C17H14N2O3/c20-17(13-3-2-12-5-6-18-14(12)8-13)19-9-11-1-4-15-16(7-11)22-10-21-15/h1-8,18H,9-10H2,(H,19,20). The van der Waals surface area contributed by atoms with Gasteiger partial charge in [0.1, 0.15) is 0 Å². The molecular formula is C17H14N2O3. The number of rotatable bonds is 3. The maximum Gasteiger partial charge on any atom is 0.251 e. The fraction of sp³-hybridized carbons (Fsp3) is 0.118. The van der Waals surface area contributed by atoms with E-state index in [1.165, 1.54) is 0 Å². The number of carbonyl (C=O) groups excluding carboxylic acids is 1. The number of fused-ring (bicyclic) bond motifs is 2. The van der Waals surface area contributed by atoms with Crippen molar-refractivity contribution in [2.75, 3.05) is 6.79 Å². The van der Waals surface area contributed by atoms with Crippen molar-refractivity contribution in [3.05, 3.63) is 59.8 Å². The Morgan fingerprint density at radius 3 is 2.95 bits per heavy atom. The molecule has 1 aromatic heterocycles. The van der Waals surface area contributed by atoms with Crippen LogP contribution in [-0.4, -0.2) is 17.7 Å². The van der Waals surface area contributed by atoms with Crippen molar-refractivity contribution < 1.29 is 14.3 Å². The van der Waals surface area contributed by atoms with Gasteiger partial charge in [-0.05, 0) is 41.3 Å². The summed E-state index contributed by atoms with van der Waals surface area (Å²) in [6.07, 6.45) is 1.86. The molecule has 1 aliphatic rings. The van der Waals surface area contributed by atoms with Crippen LogP contribution in [0.5, 0.6) is 11.5 Å². The number of aromatic amines is 1. The zero-order chi connectivity index (χ0) is 14.9. The summed E-state index contributed by atoms with van der Waals surface area (Å²) < 4.78 is 10.6. The van der Waals surface area contributed by atoms with E-state index in [2.05, 4.69) is 10.3 Å². The highest BCUT2D eigenvalue weighted by Crippen LogP contribution is 2.32. The first-order valence-electron chi connectivity index (χ1n) is 7.03. The number of H-pyrrole nitrogens is 1. The molecule has 2 N–H and O–H groups in total. The number of benzene rings is 2. The monoisotopic (exact) mass is 294 g/mol. The lowest BCUT2D eigenvalue weighted by molar-refractivity contribution is 0.0951. The minimum atomic E-state index is -0.103. The van der Waals surface area contributed by atoms with Gasteiger partial charge in [0.05, 0.1) is 0 Å². The van der Waals surface area contributed by atoms with E-state index in [1.807, 2.05) is 48.7 Å². The number of carbonyl (C=O) groups is 1. The summed E-state index contributed by atoms with van der Waals surface area (Å²) in [5.74, 6) is 1.36. The summed E-state index contributed by atoms with van der Waals surface area (Å²) in [6.45, 7) is 0.694. The van der Waals surface area contributed by atoms with Crippen molar-refractivity contribution in [2.45, 2.75) is 6.54 Å². The van der Waals surface area contributed by atoms with Crippen LogP contribution in [0, 0.1) is 0 Å². The van der Waals surface area contributed by atoms with Crippen LogP contribution in [0.2, 0.25) is 0 Å². The van der Waals surface area contributed by atoms with Crippen LogP contribution < -0.4 is 14.8 Å². The number of hydrogen-bond acceptors (Lipinski definition) is 3. The van der Waals surface area contributed by atoms with Crippen LogP contribution in [-0.2, 0) is 6.54 Å². The minimum absolute atomic E-state index is 0.103. The van der Waals surface area contributed by atoms with E-state index in [-0.39, 0.29) is 12.7 Å². The smallest absolute Gasteiger partial charge is 0.251 e. The Hall–Kier alpha value is -2.95. The third kappa shape index (κ3) is 2.26. The molecule has 0 spiro atoms. The first kappa shape index (κ1) is 12.8. The van der Waals surface area contributed by atoms with Crippen LogP contribution in [0.4, 0.5) is 0 Å². The minimum Gasteiger partial charge on any atom is -0.454 e. The van der Waals surface area contributed by atoms with Gasteiger partial charge < -0.3 is 19.8 Å². The Bertz CT molecular complexity index is 854. The molecule has 22 heavy (non-hydrogen) atoms. The normalized spacial score (nSPS) is 12.5. The van der Waals surface area contributed by atoms with Gasteiger partial charge in [-0.3, -0.25) is 4.79 Å². The summed E-state index contributed by atoms with van der Waals surface area (Å²) in [7, 11) is 0. The summed E-state index contributed by atoms with van der Waals surface area (Å²) in [4.78, 5) is 15.3. The lowest BCUT2D eigenvalue weighted by atomic mass is 10.1. The van der Waals surface area contributed by atoms with Crippen LogP contribution in [0.15, 0.2) is 48.7 Å². The van der Waals surface area contributed by atoms with Gasteiger partial charge in [-0.1, -0.05) is 12.1 Å². The van der Waals surface area contributed by atoms with Crippen molar-refractivity contribution >= 4 is 16.8 Å². The highest BCUT2D eigenvalue weighted by Gasteiger charge is 2.13. The Kier molecular flexibility index (Phi) is 2.96. The lowest BCUT2D eigenvalue weighted by Gasteiger charge is -2.06. The van der Waals surface area contributed by atoms with Crippen molar-refractivity contribution in [1.29, 1.82) is 0 Å². The predicted octanol–water partition coefficient (Wildman–Crippen LogP) is 2.83. The fourth-order valence-corrected chi connectivity index (χ4v) is 2.52. The summed E-state index contributed by atoms with van der Waals surface area (Å²) in [5, 5.41) is 4.00. The molecule has 1 amide bonds. The molecule has 0 unspecified atom stereocenters. The molecule has 1 aliphatic heterocycles. The Morgan fingerprint density at radius 2 is 2.00 bits per heavy atom. The third-order valence-corrected chi connectivity index (χ3v) is 3.71. The van der Waals surface area contributed by atoms with E-state index in [0.29, 0.717) is 12.1 Å². The number of hydrogen-bond donors (Lipinski definition) is 2. The summed E-state index contributed by atoms with van der Waals surface area (Å²) in [6, 6.07) is 13.2. The largest absolute Gasteiger partial charge is 0.454 e. The highest BCUT2D eigenvalue weighted by atomic mass is 16.7. The quantitative estimate of drug-likeness (QED) is 0.780. The predicted molar refractivity (Wildman–Crippen MR) is 82.0 cm³/mol. The van der Waals surface area contributed by atoms with E-state index in [0.717, 1.165) is 28.0 Å². The molecule has 2 heterocycles. The third-order valence-electron chi connectivity index (χ3n) is 3.71. The average Bonchev–Trinajstić information content (AvgIpc) is 3.19. The second kappa shape index (κ2) is 5.11. The molecule has 0 saturated heterocycles. The molecule has 5 heteroatoms. The SMILES string of the molecule is O=C(NCc1ccc2c(c1)OCO2)c1ccc2cc[nH]c2c1. The topological polar surface area (TPSA) is 63.4 Å². The Labute approximate surface area is 126 Å². The zero-order valence-electron chi connectivity index (χ0n) is 11.8. The van der Waals surface area contributed by atoms with Crippen LogP contribution in [0.3, 0.4) is 0 Å². The molecule has 2 aromatic carbocycles. The fourth-order valence-electron chi connectivity index (χ4n) is 2.52. The van der Waals surface area contributed by atoms with Crippen LogP contribution in [0.1, 0.15) is 15.9 Å². The van der Waals surface area contributed by atoms with Gasteiger partial charge in [0.2, 0.25) is 6.79 Å². The van der Waals surface area contributed by atoms with E-state index in [4.69, 9.17) is 9.47 Å². The van der Waals surface area contributed by atoms with E-state index in [9.17, 15) is 4.79 Å². The van der Waals surface area contributed by atoms with E-state index >= 15 is 0 Å². The van der Waals surface area contributed by atoms with E-state index < -0.39 is 0 Å². The molecule has 0 atom stereocenters. The first-order valence-corrected chi connectivity index (χ1v) is 7.03. The molecule has 0 aliphatic carbocycles. The van der Waals surface area contributed by atoms with Gasteiger partial charge >= 0.3 is 0 Å². The molecule has 110 valence electrons. The zero-order valence-corrected chi connectivity index (χ0v) is 11.8. The van der Waals surface area contributed by atoms with Gasteiger partial charge in [0.25, 0.3) is 5.91 Å². The molecular weight excluding hydrogens is 280 g/mol. The maximum atomic E-state index is 12.2. The van der Waals surface area contributed by atoms with Gasteiger partial charge in [0, 0.05) is 23.8 Å². The molecule has 0 saturated carbocycles. The lowest BCUT2D eigenvalue weighted by Crippen LogP contribution is -2.22. The van der Waals surface area contributed by atoms with Crippen molar-refractivity contribution in [3.63, 3.8) is 0 Å². The van der Waals surface area contributed by atoms with Crippen molar-refractivity contribution in [2.24, 2.45) is 0 Å². The van der Waals surface area contributed by atoms with Crippen molar-refractivity contribution in [1.82, 2.24) is 10.3 Å². The molecule has 5 nitrogen and oxygen atoms in total. The van der Waals surface area contributed by atoms with E-state index in [1.54, 1.807) is 0 Å². The number of nitrogens with one attached hydrogen (secondary N) is 2. The van der Waals surface area contributed by atoms with Gasteiger partial charge in [0.15, 0.2) is 11.5 Å². The Balaban J connectivity index is 1.47. The molecule has 3 aromatic rings. The average molecular weight is 294 g/mol. The van der Waals surface area contributed by atoms with Crippen LogP contribution in [0.25, 0.3) is 10.9 Å². The maximum absolute atomic E-state index is 12.2. The molecule has 0 radical (unpaired) electrons. The van der Waals surface area contributed by atoms with Crippen LogP contribution >= 0.6 is 0 Å². The Morgan fingerprint density at radius 1 is 1.09 bits per heavy atom. The van der Waals surface area contributed by atoms with Gasteiger partial charge in [-0.25, -0.2) is 0 Å². The summed E-state index contributed by atoms with van der Waals surface area (Å²) >= 11 is 0. The second-order valence-corrected chi connectivity index (χ2v) is 5.15. The van der Waals surface area contributed by atoms with Gasteiger partial charge in [-0.2, -0.15) is 0 Å². The molecule has 0 fully saturated rings. The number of amides is 1. The number of ether oxygens (including phenoxy) is 2. The van der Waals surface area contributed by atoms with Crippen molar-refractivity contribution in [3.8, 4) is 11.5 Å².